The summed E-state index contributed by atoms with van der Waals surface area (Å²) in [5.41, 5.74) is 1.50. The van der Waals surface area contributed by atoms with Crippen LogP contribution < -0.4 is 20.1 Å². The molecule has 0 saturated heterocycles. The summed E-state index contributed by atoms with van der Waals surface area (Å²) >= 11 is 1.48. The Morgan fingerprint density at radius 1 is 1.03 bits per heavy atom. The van der Waals surface area contributed by atoms with Crippen LogP contribution in [0.3, 0.4) is 0 Å². The molecule has 0 spiro atoms. The maximum Gasteiger partial charge on any atom is 0.268 e. The van der Waals surface area contributed by atoms with E-state index in [4.69, 9.17) is 9.47 Å². The van der Waals surface area contributed by atoms with Gasteiger partial charge in [0.2, 0.25) is 0 Å². The van der Waals surface area contributed by atoms with Gasteiger partial charge in [-0.25, -0.2) is 0 Å². The van der Waals surface area contributed by atoms with Gasteiger partial charge in [0.05, 0.1) is 13.7 Å². The van der Waals surface area contributed by atoms with E-state index in [0.29, 0.717) is 23.7 Å². The molecule has 2 aromatic carbocycles. The quantitative estimate of drug-likeness (QED) is 0.492. The number of ether oxygens (including phenoxy) is 2. The molecule has 7 heteroatoms. The van der Waals surface area contributed by atoms with Crippen LogP contribution in [0.5, 0.6) is 11.5 Å². The van der Waals surface area contributed by atoms with Crippen molar-refractivity contribution in [2.45, 2.75) is 13.5 Å². The summed E-state index contributed by atoms with van der Waals surface area (Å²) in [6.45, 7) is 2.67. The summed E-state index contributed by atoms with van der Waals surface area (Å²) in [5.74, 6) is 0.516. The maximum absolute atomic E-state index is 12.9. The zero-order chi connectivity index (χ0) is 22.1. The lowest BCUT2D eigenvalue weighted by molar-refractivity contribution is -0.117. The Morgan fingerprint density at radius 3 is 2.52 bits per heavy atom. The third-order valence-electron chi connectivity index (χ3n) is 4.34. The maximum atomic E-state index is 12.9. The molecular weight excluding hydrogens is 412 g/mol. The molecule has 0 saturated carbocycles. The monoisotopic (exact) mass is 436 g/mol. The van der Waals surface area contributed by atoms with Crippen molar-refractivity contribution in [3.05, 3.63) is 87.7 Å². The Hall–Kier alpha value is -3.58. The molecule has 2 amide bonds. The van der Waals surface area contributed by atoms with Gasteiger partial charge in [-0.2, -0.15) is 0 Å². The molecule has 0 atom stereocenters. The smallest absolute Gasteiger partial charge is 0.268 e. The van der Waals surface area contributed by atoms with Crippen LogP contribution in [0.2, 0.25) is 0 Å². The Kier molecular flexibility index (Phi) is 7.84. The molecule has 0 aliphatic carbocycles. The SMILES string of the molecule is CCOc1cc(CNC(=O)/C(=C/c2cccs2)NC(=O)c2ccccc2)ccc1OC. The summed E-state index contributed by atoms with van der Waals surface area (Å²) < 4.78 is 10.9. The molecule has 31 heavy (non-hydrogen) atoms. The molecule has 6 nitrogen and oxygen atoms in total. The summed E-state index contributed by atoms with van der Waals surface area (Å²) in [5, 5.41) is 7.50. The van der Waals surface area contributed by atoms with Gasteiger partial charge < -0.3 is 20.1 Å². The molecule has 0 unspecified atom stereocenters. The van der Waals surface area contributed by atoms with Crippen LogP contribution in [-0.4, -0.2) is 25.5 Å². The lowest BCUT2D eigenvalue weighted by Gasteiger charge is -2.13. The fourth-order valence-electron chi connectivity index (χ4n) is 2.83. The number of carbonyl (C=O) groups is 2. The first kappa shape index (κ1) is 22.1. The Morgan fingerprint density at radius 2 is 1.84 bits per heavy atom. The summed E-state index contributed by atoms with van der Waals surface area (Å²) in [6, 6.07) is 18.0. The van der Waals surface area contributed by atoms with Gasteiger partial charge in [-0.15, -0.1) is 11.3 Å². The van der Waals surface area contributed by atoms with Crippen molar-refractivity contribution in [2.24, 2.45) is 0 Å². The minimum Gasteiger partial charge on any atom is -0.493 e. The number of rotatable bonds is 9. The molecular formula is C24H24N2O4S. The Balaban J connectivity index is 1.74. The summed E-state index contributed by atoms with van der Waals surface area (Å²) in [6.07, 6.45) is 1.67. The highest BCUT2D eigenvalue weighted by Gasteiger charge is 2.15. The minimum atomic E-state index is -0.383. The van der Waals surface area contributed by atoms with E-state index in [1.54, 1.807) is 43.5 Å². The van der Waals surface area contributed by atoms with Crippen LogP contribution >= 0.6 is 11.3 Å². The predicted octanol–water partition coefficient (Wildman–Crippen LogP) is 4.24. The van der Waals surface area contributed by atoms with E-state index in [9.17, 15) is 9.59 Å². The van der Waals surface area contributed by atoms with Gasteiger partial charge >= 0.3 is 0 Å². The van der Waals surface area contributed by atoms with Crippen LogP contribution in [-0.2, 0) is 11.3 Å². The molecule has 3 aromatic rings. The van der Waals surface area contributed by atoms with E-state index in [0.717, 1.165) is 10.4 Å². The van der Waals surface area contributed by atoms with Gasteiger partial charge in [0.1, 0.15) is 5.70 Å². The molecule has 0 aliphatic heterocycles. The molecule has 1 aromatic heterocycles. The molecule has 0 aliphatic rings. The molecule has 160 valence electrons. The fraction of sp³-hybridized carbons (Fsp3) is 0.167. The lowest BCUT2D eigenvalue weighted by Crippen LogP contribution is -2.34. The second kappa shape index (κ2) is 11.0. The number of carbonyl (C=O) groups excluding carboxylic acids is 2. The molecule has 0 radical (unpaired) electrons. The second-order valence-electron chi connectivity index (χ2n) is 6.49. The molecule has 0 fully saturated rings. The van der Waals surface area contributed by atoms with E-state index in [1.807, 2.05) is 42.6 Å². The first-order valence-corrected chi connectivity index (χ1v) is 10.7. The highest BCUT2D eigenvalue weighted by Crippen LogP contribution is 2.28. The van der Waals surface area contributed by atoms with Gasteiger partial charge in [-0.3, -0.25) is 9.59 Å². The van der Waals surface area contributed by atoms with Gasteiger partial charge in [0, 0.05) is 17.0 Å². The van der Waals surface area contributed by atoms with Crippen molar-refractivity contribution in [1.82, 2.24) is 10.6 Å². The van der Waals surface area contributed by atoms with Gasteiger partial charge in [0.25, 0.3) is 11.8 Å². The van der Waals surface area contributed by atoms with Crippen LogP contribution in [0.1, 0.15) is 27.7 Å². The summed E-state index contributed by atoms with van der Waals surface area (Å²) in [4.78, 5) is 26.4. The zero-order valence-electron chi connectivity index (χ0n) is 17.4. The first-order chi connectivity index (χ1) is 15.1. The third-order valence-corrected chi connectivity index (χ3v) is 5.16. The van der Waals surface area contributed by atoms with E-state index < -0.39 is 0 Å². The first-order valence-electron chi connectivity index (χ1n) is 9.80. The van der Waals surface area contributed by atoms with Crippen molar-refractivity contribution in [3.63, 3.8) is 0 Å². The standard InChI is InChI=1S/C24H24N2O4S/c1-3-30-22-14-17(11-12-21(22)29-2)16-25-24(28)20(15-19-10-7-13-31-19)26-23(27)18-8-5-4-6-9-18/h4-15H,3,16H2,1-2H3,(H,25,28)(H,26,27)/b20-15-. The average Bonchev–Trinajstić information content (AvgIpc) is 3.31. The fourth-order valence-corrected chi connectivity index (χ4v) is 3.49. The highest BCUT2D eigenvalue weighted by molar-refractivity contribution is 7.10. The Labute approximate surface area is 185 Å². The Bertz CT molecular complexity index is 1050. The lowest BCUT2D eigenvalue weighted by atomic mass is 10.2. The topological polar surface area (TPSA) is 76.7 Å². The van der Waals surface area contributed by atoms with Crippen LogP contribution in [0.4, 0.5) is 0 Å². The zero-order valence-corrected chi connectivity index (χ0v) is 18.2. The van der Waals surface area contributed by atoms with Crippen molar-refractivity contribution in [2.75, 3.05) is 13.7 Å². The number of benzene rings is 2. The van der Waals surface area contributed by atoms with E-state index >= 15 is 0 Å². The van der Waals surface area contributed by atoms with Gasteiger partial charge in [-0.05, 0) is 54.3 Å². The number of hydrogen-bond donors (Lipinski definition) is 2. The summed E-state index contributed by atoms with van der Waals surface area (Å²) in [7, 11) is 1.58. The number of thiophene rings is 1. The van der Waals surface area contributed by atoms with E-state index in [-0.39, 0.29) is 24.1 Å². The second-order valence-corrected chi connectivity index (χ2v) is 7.47. The molecule has 3 rings (SSSR count). The van der Waals surface area contributed by atoms with Crippen molar-refractivity contribution in [1.29, 1.82) is 0 Å². The van der Waals surface area contributed by atoms with Crippen LogP contribution in [0.25, 0.3) is 6.08 Å². The van der Waals surface area contributed by atoms with Crippen LogP contribution in [0.15, 0.2) is 71.7 Å². The van der Waals surface area contributed by atoms with E-state index in [2.05, 4.69) is 10.6 Å². The number of amides is 2. The normalized spacial score (nSPS) is 11.0. The van der Waals surface area contributed by atoms with Crippen LogP contribution in [0, 0.1) is 0 Å². The third kappa shape index (κ3) is 6.20. The van der Waals surface area contributed by atoms with E-state index in [1.165, 1.54) is 11.3 Å². The minimum absolute atomic E-state index is 0.176. The average molecular weight is 437 g/mol. The predicted molar refractivity (Wildman–Crippen MR) is 122 cm³/mol. The van der Waals surface area contributed by atoms with Gasteiger partial charge in [-0.1, -0.05) is 30.3 Å². The molecule has 0 bridgehead atoms. The van der Waals surface area contributed by atoms with Crippen molar-refractivity contribution < 1.29 is 19.1 Å². The van der Waals surface area contributed by atoms with Crippen molar-refractivity contribution >= 4 is 29.2 Å². The number of methoxy groups -OCH3 is 1. The van der Waals surface area contributed by atoms with Crippen molar-refractivity contribution in [3.8, 4) is 11.5 Å². The number of hydrogen-bond acceptors (Lipinski definition) is 5. The molecule has 1 heterocycles. The number of nitrogens with one attached hydrogen (secondary N) is 2. The largest absolute Gasteiger partial charge is 0.493 e. The molecule has 2 N–H and O–H groups in total. The van der Waals surface area contributed by atoms with Gasteiger partial charge in [0.15, 0.2) is 11.5 Å². The highest BCUT2D eigenvalue weighted by atomic mass is 32.1.